The number of likely N-dealkylation sites (N-methyl/N-ethyl adjacent to an activating group) is 1. The molecule has 1 heterocycles. The fourth-order valence-electron chi connectivity index (χ4n) is 2.27. The van der Waals surface area contributed by atoms with Gasteiger partial charge in [0.15, 0.2) is 0 Å². The van der Waals surface area contributed by atoms with Gasteiger partial charge in [-0.2, -0.15) is 5.10 Å². The molecule has 0 radical (unpaired) electrons. The highest BCUT2D eigenvalue weighted by molar-refractivity contribution is 6.30. The summed E-state index contributed by atoms with van der Waals surface area (Å²) in [6.45, 7) is 0.954. The fourth-order valence-corrected chi connectivity index (χ4v) is 2.46. The van der Waals surface area contributed by atoms with Crippen LogP contribution in [0.25, 0.3) is 0 Å². The number of hydrogen-bond acceptors (Lipinski definition) is 3. The van der Waals surface area contributed by atoms with Crippen LogP contribution in [0.5, 0.6) is 0 Å². The maximum atomic E-state index is 14.1. The molecule has 20 heavy (non-hydrogen) atoms. The molecule has 0 aliphatic rings. The lowest BCUT2D eigenvalue weighted by Gasteiger charge is -2.27. The maximum absolute atomic E-state index is 14.1. The summed E-state index contributed by atoms with van der Waals surface area (Å²) in [6, 6.07) is 4.77. The van der Waals surface area contributed by atoms with Gasteiger partial charge in [0.2, 0.25) is 0 Å². The molecule has 0 spiro atoms. The second-order valence-electron chi connectivity index (χ2n) is 4.83. The van der Waals surface area contributed by atoms with Crippen LogP contribution in [0, 0.1) is 5.82 Å². The number of hydrogen-bond donors (Lipinski definition) is 1. The largest absolute Gasteiger partial charge is 0.329 e. The Hall–Kier alpha value is -1.43. The van der Waals surface area contributed by atoms with Gasteiger partial charge in [0.25, 0.3) is 0 Å². The normalized spacial score (nSPS) is 12.9. The molecule has 1 aromatic carbocycles. The Balaban J connectivity index is 2.20. The molecular formula is C14H18ClFN4. The van der Waals surface area contributed by atoms with Crippen LogP contribution in [0.2, 0.25) is 5.02 Å². The third-order valence-corrected chi connectivity index (χ3v) is 3.58. The molecule has 1 unspecified atom stereocenters. The monoisotopic (exact) mass is 296 g/mol. The van der Waals surface area contributed by atoms with Gasteiger partial charge in [-0.25, -0.2) is 4.39 Å². The van der Waals surface area contributed by atoms with Crippen molar-refractivity contribution in [3.05, 3.63) is 52.6 Å². The number of aromatic nitrogens is 2. The standard InChI is InChI=1S/C14H18ClFN4/c1-19(8-10-7-18-20(2)9-10)13(6-17)11-4-3-5-12(15)14(11)16/h3-5,7,9,13H,6,8,17H2,1-2H3. The zero-order valence-corrected chi connectivity index (χ0v) is 12.3. The number of halogens is 2. The van der Waals surface area contributed by atoms with Crippen LogP contribution in [0.3, 0.4) is 0 Å². The van der Waals surface area contributed by atoms with E-state index in [2.05, 4.69) is 5.10 Å². The Bertz CT molecular complexity index is 584. The maximum Gasteiger partial charge on any atom is 0.146 e. The molecule has 0 saturated heterocycles. The highest BCUT2D eigenvalue weighted by atomic mass is 35.5. The summed E-state index contributed by atoms with van der Waals surface area (Å²) in [4.78, 5) is 1.99. The van der Waals surface area contributed by atoms with Crippen LogP contribution in [0.1, 0.15) is 17.2 Å². The van der Waals surface area contributed by atoms with Crippen LogP contribution in [-0.4, -0.2) is 28.3 Å². The highest BCUT2D eigenvalue weighted by Gasteiger charge is 2.20. The van der Waals surface area contributed by atoms with Crippen molar-refractivity contribution in [1.29, 1.82) is 0 Å². The van der Waals surface area contributed by atoms with Crippen LogP contribution in [-0.2, 0) is 13.6 Å². The van der Waals surface area contributed by atoms with Crippen molar-refractivity contribution in [3.8, 4) is 0 Å². The third kappa shape index (κ3) is 3.17. The first-order chi connectivity index (χ1) is 9.52. The Kier molecular flexibility index (Phi) is 4.75. The van der Waals surface area contributed by atoms with Crippen molar-refractivity contribution in [2.75, 3.05) is 13.6 Å². The highest BCUT2D eigenvalue weighted by Crippen LogP contribution is 2.27. The molecule has 6 heteroatoms. The Labute approximate surface area is 122 Å². The summed E-state index contributed by atoms with van der Waals surface area (Å²) >= 11 is 5.84. The van der Waals surface area contributed by atoms with E-state index < -0.39 is 5.82 Å². The van der Waals surface area contributed by atoms with E-state index in [0.717, 1.165) is 5.56 Å². The molecule has 0 bridgehead atoms. The third-order valence-electron chi connectivity index (χ3n) is 3.29. The Morgan fingerprint density at radius 2 is 2.25 bits per heavy atom. The minimum absolute atomic E-state index is 0.121. The minimum atomic E-state index is -0.400. The van der Waals surface area contributed by atoms with E-state index in [1.54, 1.807) is 23.0 Å². The first-order valence-corrected chi connectivity index (χ1v) is 6.72. The molecular weight excluding hydrogens is 279 g/mol. The number of nitrogens with two attached hydrogens (primary N) is 1. The molecule has 108 valence electrons. The number of benzene rings is 1. The van der Waals surface area contributed by atoms with Gasteiger partial charge in [0, 0.05) is 37.5 Å². The van der Waals surface area contributed by atoms with E-state index in [1.807, 2.05) is 25.2 Å². The summed E-state index contributed by atoms with van der Waals surface area (Å²) in [5, 5.41) is 4.24. The first kappa shape index (κ1) is 15.0. The molecule has 0 aliphatic heterocycles. The van der Waals surface area contributed by atoms with E-state index in [4.69, 9.17) is 17.3 Å². The van der Waals surface area contributed by atoms with Gasteiger partial charge < -0.3 is 5.73 Å². The van der Waals surface area contributed by atoms with Gasteiger partial charge in [0.05, 0.1) is 17.3 Å². The van der Waals surface area contributed by atoms with Crippen LogP contribution in [0.15, 0.2) is 30.6 Å². The molecule has 2 N–H and O–H groups in total. The van der Waals surface area contributed by atoms with Crippen molar-refractivity contribution in [2.45, 2.75) is 12.6 Å². The Morgan fingerprint density at radius 1 is 1.50 bits per heavy atom. The smallest absolute Gasteiger partial charge is 0.146 e. The van der Waals surface area contributed by atoms with E-state index in [1.165, 1.54) is 6.07 Å². The molecule has 0 amide bonds. The quantitative estimate of drug-likeness (QED) is 0.921. The lowest BCUT2D eigenvalue weighted by atomic mass is 10.0. The Morgan fingerprint density at radius 3 is 2.85 bits per heavy atom. The SMILES string of the molecule is CN(Cc1cnn(C)c1)C(CN)c1cccc(Cl)c1F. The molecule has 0 fully saturated rings. The average molecular weight is 297 g/mol. The van der Waals surface area contributed by atoms with Gasteiger partial charge in [-0.3, -0.25) is 9.58 Å². The molecule has 1 atom stereocenters. The summed E-state index contributed by atoms with van der Waals surface area (Å²) < 4.78 is 15.8. The molecule has 4 nitrogen and oxygen atoms in total. The van der Waals surface area contributed by atoms with Gasteiger partial charge in [0.1, 0.15) is 5.82 Å². The summed E-state index contributed by atoms with van der Waals surface area (Å²) in [5.41, 5.74) is 7.38. The summed E-state index contributed by atoms with van der Waals surface area (Å²) in [7, 11) is 3.77. The lowest BCUT2D eigenvalue weighted by Crippen LogP contribution is -2.30. The predicted molar refractivity (Wildman–Crippen MR) is 77.9 cm³/mol. The predicted octanol–water partition coefficient (Wildman–Crippen LogP) is 2.34. The van der Waals surface area contributed by atoms with Crippen molar-refractivity contribution in [1.82, 2.24) is 14.7 Å². The number of rotatable bonds is 5. The van der Waals surface area contributed by atoms with Gasteiger partial charge in [-0.15, -0.1) is 0 Å². The van der Waals surface area contributed by atoms with E-state index in [-0.39, 0.29) is 11.1 Å². The zero-order valence-electron chi connectivity index (χ0n) is 11.6. The second kappa shape index (κ2) is 6.35. The molecule has 1 aromatic heterocycles. The van der Waals surface area contributed by atoms with Crippen LogP contribution < -0.4 is 5.73 Å². The number of aryl methyl sites for hydroxylation is 1. The minimum Gasteiger partial charge on any atom is -0.329 e. The van der Waals surface area contributed by atoms with E-state index in [0.29, 0.717) is 18.7 Å². The molecule has 2 rings (SSSR count). The van der Waals surface area contributed by atoms with Crippen molar-refractivity contribution >= 4 is 11.6 Å². The van der Waals surface area contributed by atoms with Gasteiger partial charge in [-0.05, 0) is 13.1 Å². The second-order valence-corrected chi connectivity index (χ2v) is 5.24. The average Bonchev–Trinajstić information content (AvgIpc) is 2.81. The lowest BCUT2D eigenvalue weighted by molar-refractivity contribution is 0.236. The van der Waals surface area contributed by atoms with Crippen molar-refractivity contribution < 1.29 is 4.39 Å². The summed E-state index contributed by atoms with van der Waals surface area (Å²) in [6.07, 6.45) is 3.72. The molecule has 2 aromatic rings. The van der Waals surface area contributed by atoms with Gasteiger partial charge >= 0.3 is 0 Å². The molecule has 0 aliphatic carbocycles. The van der Waals surface area contributed by atoms with Crippen LogP contribution in [0.4, 0.5) is 4.39 Å². The summed E-state index contributed by atoms with van der Waals surface area (Å²) in [5.74, 6) is -0.400. The van der Waals surface area contributed by atoms with Crippen molar-refractivity contribution in [2.24, 2.45) is 12.8 Å². The zero-order chi connectivity index (χ0) is 14.7. The first-order valence-electron chi connectivity index (χ1n) is 6.34. The topological polar surface area (TPSA) is 47.1 Å². The van der Waals surface area contributed by atoms with Crippen LogP contribution >= 0.6 is 11.6 Å². The van der Waals surface area contributed by atoms with Crippen molar-refractivity contribution in [3.63, 3.8) is 0 Å². The molecule has 0 saturated carbocycles. The van der Waals surface area contributed by atoms with Gasteiger partial charge in [-0.1, -0.05) is 23.7 Å². The number of nitrogens with zero attached hydrogens (tertiary/aromatic N) is 3. The van der Waals surface area contributed by atoms with E-state index >= 15 is 0 Å². The van der Waals surface area contributed by atoms with E-state index in [9.17, 15) is 4.39 Å². The fraction of sp³-hybridized carbons (Fsp3) is 0.357.